The minimum atomic E-state index is -0.0888. The Morgan fingerprint density at radius 3 is 2.54 bits per heavy atom. The number of rotatable bonds is 5. The van der Waals surface area contributed by atoms with Gasteiger partial charge in [0.1, 0.15) is 12.1 Å². The van der Waals surface area contributed by atoms with Gasteiger partial charge in [-0.1, -0.05) is 24.3 Å². The zero-order valence-electron chi connectivity index (χ0n) is 15.4. The molecule has 2 aliphatic rings. The first kappa shape index (κ1) is 16.9. The van der Waals surface area contributed by atoms with E-state index in [1.807, 2.05) is 36.4 Å². The first-order chi connectivity index (χ1) is 13.7. The number of benzene rings is 2. The molecule has 2 aromatic carbocycles. The maximum Gasteiger partial charge on any atom is 0.229 e. The molecule has 0 unspecified atom stereocenters. The van der Waals surface area contributed by atoms with Gasteiger partial charge in [0, 0.05) is 24.3 Å². The second kappa shape index (κ2) is 6.71. The summed E-state index contributed by atoms with van der Waals surface area (Å²) in [6.45, 7) is 0.330. The molecule has 2 amide bonds. The number of nitrogens with one attached hydrogen (secondary N) is 1. The highest BCUT2D eigenvalue weighted by Crippen LogP contribution is 2.31. The number of hydrogen-bond acceptors (Lipinski definition) is 5. The Morgan fingerprint density at radius 1 is 0.964 bits per heavy atom. The molecule has 1 saturated heterocycles. The minimum Gasteiger partial charge on any atom is -0.367 e. The van der Waals surface area contributed by atoms with Gasteiger partial charge in [0.05, 0.1) is 12.1 Å². The van der Waals surface area contributed by atoms with Gasteiger partial charge in [-0.2, -0.15) is 0 Å². The molecule has 2 heterocycles. The maximum atomic E-state index is 11.9. The average molecular weight is 372 g/mol. The monoisotopic (exact) mass is 372 g/mol. The molecule has 0 radical (unpaired) electrons. The van der Waals surface area contributed by atoms with Gasteiger partial charge in [0.25, 0.3) is 0 Å². The van der Waals surface area contributed by atoms with Gasteiger partial charge in [-0.05, 0) is 47.7 Å². The van der Waals surface area contributed by atoms with Crippen LogP contribution in [0.4, 0.5) is 5.82 Å². The van der Waals surface area contributed by atoms with E-state index in [9.17, 15) is 9.59 Å². The second-order valence-corrected chi connectivity index (χ2v) is 7.45. The van der Waals surface area contributed by atoms with Gasteiger partial charge >= 0.3 is 0 Å². The predicted octanol–water partition coefficient (Wildman–Crippen LogP) is 3.52. The molecule has 0 atom stereocenters. The van der Waals surface area contributed by atoms with Crippen molar-refractivity contribution in [2.45, 2.75) is 38.3 Å². The van der Waals surface area contributed by atoms with Crippen molar-refractivity contribution < 1.29 is 9.59 Å². The standard InChI is InChI=1S/C22H20N4O2/c27-20-8-9-21(28)26(20)12-14-2-1-3-15(10-14)16-4-7-19-18(11-16)22(24-13-23-19)25-17-5-6-17/h1-4,7,10-11,13,17H,5-6,8-9,12H2,(H,23,24,25). The molecular formula is C22H20N4O2. The van der Waals surface area contributed by atoms with Gasteiger partial charge in [0.15, 0.2) is 0 Å². The van der Waals surface area contributed by atoms with E-state index in [2.05, 4.69) is 21.4 Å². The number of likely N-dealkylation sites (tertiary alicyclic amines) is 1. The van der Waals surface area contributed by atoms with E-state index >= 15 is 0 Å². The van der Waals surface area contributed by atoms with Crippen LogP contribution in [0.2, 0.25) is 0 Å². The number of fused-ring (bicyclic) bond motifs is 1. The van der Waals surface area contributed by atoms with Crippen LogP contribution < -0.4 is 5.32 Å². The summed E-state index contributed by atoms with van der Waals surface area (Å²) in [6.07, 6.45) is 4.60. The van der Waals surface area contributed by atoms with Crippen LogP contribution in [0.3, 0.4) is 0 Å². The van der Waals surface area contributed by atoms with E-state index in [-0.39, 0.29) is 11.8 Å². The number of hydrogen-bond donors (Lipinski definition) is 1. The molecule has 28 heavy (non-hydrogen) atoms. The molecule has 0 bridgehead atoms. The average Bonchev–Trinajstić information content (AvgIpc) is 3.49. The quantitative estimate of drug-likeness (QED) is 0.694. The highest BCUT2D eigenvalue weighted by atomic mass is 16.2. The largest absolute Gasteiger partial charge is 0.367 e. The minimum absolute atomic E-state index is 0.0888. The lowest BCUT2D eigenvalue weighted by Gasteiger charge is -2.15. The van der Waals surface area contributed by atoms with Crippen LogP contribution in [-0.2, 0) is 16.1 Å². The molecule has 6 heteroatoms. The Bertz CT molecular complexity index is 1070. The Kier molecular flexibility index (Phi) is 4.04. The molecule has 1 N–H and O–H groups in total. The molecule has 1 aliphatic heterocycles. The zero-order valence-corrected chi connectivity index (χ0v) is 15.4. The topological polar surface area (TPSA) is 75.2 Å². The third-order valence-electron chi connectivity index (χ3n) is 5.31. The van der Waals surface area contributed by atoms with E-state index in [1.54, 1.807) is 6.33 Å². The Morgan fingerprint density at radius 2 is 1.75 bits per heavy atom. The van der Waals surface area contributed by atoms with Crippen LogP contribution >= 0.6 is 0 Å². The van der Waals surface area contributed by atoms with E-state index < -0.39 is 0 Å². The summed E-state index contributed by atoms with van der Waals surface area (Å²) >= 11 is 0. The van der Waals surface area contributed by atoms with Gasteiger partial charge in [-0.15, -0.1) is 0 Å². The number of amides is 2. The second-order valence-electron chi connectivity index (χ2n) is 7.45. The molecule has 140 valence electrons. The highest BCUT2D eigenvalue weighted by molar-refractivity contribution is 6.01. The van der Waals surface area contributed by atoms with E-state index in [4.69, 9.17) is 0 Å². The van der Waals surface area contributed by atoms with Crippen molar-refractivity contribution in [3.8, 4) is 11.1 Å². The fraction of sp³-hybridized carbons (Fsp3) is 0.273. The molecular weight excluding hydrogens is 352 g/mol. The summed E-state index contributed by atoms with van der Waals surface area (Å²) in [4.78, 5) is 34.0. The Labute approximate surface area is 162 Å². The van der Waals surface area contributed by atoms with Crippen molar-refractivity contribution in [2.75, 3.05) is 5.32 Å². The number of carbonyl (C=O) groups excluding carboxylic acids is 2. The predicted molar refractivity (Wildman–Crippen MR) is 106 cm³/mol. The van der Waals surface area contributed by atoms with Crippen LogP contribution in [0.25, 0.3) is 22.0 Å². The van der Waals surface area contributed by atoms with Gasteiger partial charge in [0.2, 0.25) is 11.8 Å². The third-order valence-corrected chi connectivity index (χ3v) is 5.31. The number of carbonyl (C=O) groups is 2. The summed E-state index contributed by atoms with van der Waals surface area (Å²) in [6, 6.07) is 14.7. The molecule has 3 aromatic rings. The molecule has 6 nitrogen and oxygen atoms in total. The highest BCUT2D eigenvalue weighted by Gasteiger charge is 2.28. The molecule has 1 aliphatic carbocycles. The fourth-order valence-corrected chi connectivity index (χ4v) is 3.60. The van der Waals surface area contributed by atoms with Gasteiger partial charge < -0.3 is 5.32 Å². The zero-order chi connectivity index (χ0) is 19.1. The fourth-order valence-electron chi connectivity index (χ4n) is 3.60. The Hall–Kier alpha value is -3.28. The van der Waals surface area contributed by atoms with Crippen molar-refractivity contribution in [1.82, 2.24) is 14.9 Å². The number of aromatic nitrogens is 2. The summed E-state index contributed by atoms with van der Waals surface area (Å²) in [5.74, 6) is 0.696. The van der Waals surface area contributed by atoms with Crippen molar-refractivity contribution in [3.63, 3.8) is 0 Å². The van der Waals surface area contributed by atoms with Crippen molar-refractivity contribution in [2.24, 2.45) is 0 Å². The van der Waals surface area contributed by atoms with Gasteiger partial charge in [-0.3, -0.25) is 14.5 Å². The normalized spacial score (nSPS) is 16.8. The van der Waals surface area contributed by atoms with Crippen LogP contribution in [0.5, 0.6) is 0 Å². The summed E-state index contributed by atoms with van der Waals surface area (Å²) in [7, 11) is 0. The van der Waals surface area contributed by atoms with Crippen molar-refractivity contribution in [3.05, 3.63) is 54.4 Å². The van der Waals surface area contributed by atoms with Crippen LogP contribution in [0.15, 0.2) is 48.8 Å². The summed E-state index contributed by atoms with van der Waals surface area (Å²) < 4.78 is 0. The molecule has 1 saturated carbocycles. The van der Waals surface area contributed by atoms with E-state index in [0.717, 1.165) is 33.4 Å². The van der Waals surface area contributed by atoms with Gasteiger partial charge in [-0.25, -0.2) is 9.97 Å². The van der Waals surface area contributed by atoms with Crippen LogP contribution in [0, 0.1) is 0 Å². The molecule has 1 aromatic heterocycles. The molecule has 5 rings (SSSR count). The maximum absolute atomic E-state index is 11.9. The number of imide groups is 1. The number of anilines is 1. The molecule has 2 fully saturated rings. The lowest BCUT2D eigenvalue weighted by Crippen LogP contribution is -2.28. The van der Waals surface area contributed by atoms with E-state index in [0.29, 0.717) is 25.4 Å². The lowest BCUT2D eigenvalue weighted by molar-refractivity contribution is -0.139. The third kappa shape index (κ3) is 3.22. The summed E-state index contributed by atoms with van der Waals surface area (Å²) in [5.41, 5.74) is 3.95. The van der Waals surface area contributed by atoms with E-state index in [1.165, 1.54) is 17.7 Å². The number of nitrogens with zero attached hydrogens (tertiary/aromatic N) is 3. The SMILES string of the molecule is O=C1CCC(=O)N1Cc1cccc(-c2ccc3ncnc(NC4CC4)c3c2)c1. The van der Waals surface area contributed by atoms with Crippen LogP contribution in [0.1, 0.15) is 31.2 Å². The van der Waals surface area contributed by atoms with Crippen molar-refractivity contribution >= 4 is 28.5 Å². The smallest absolute Gasteiger partial charge is 0.229 e. The lowest BCUT2D eigenvalue weighted by atomic mass is 10.0. The summed E-state index contributed by atoms with van der Waals surface area (Å²) in [5, 5.41) is 4.48. The van der Waals surface area contributed by atoms with Crippen LogP contribution in [-0.4, -0.2) is 32.7 Å². The Balaban J connectivity index is 1.48. The first-order valence-electron chi connectivity index (χ1n) is 9.61. The molecule has 0 spiro atoms. The first-order valence-corrected chi connectivity index (χ1v) is 9.61. The van der Waals surface area contributed by atoms with Crippen molar-refractivity contribution in [1.29, 1.82) is 0 Å².